The van der Waals surface area contributed by atoms with E-state index in [2.05, 4.69) is 79.6 Å². The highest BCUT2D eigenvalue weighted by Crippen LogP contribution is 2.30. The minimum Gasteiger partial charge on any atom is -0.319 e. The van der Waals surface area contributed by atoms with Gasteiger partial charge < -0.3 is 4.57 Å². The van der Waals surface area contributed by atoms with E-state index in [1.54, 1.807) is 0 Å². The molecule has 0 aliphatic rings. The molecule has 0 saturated carbocycles. The average molecular weight is 469 g/mol. The first-order chi connectivity index (χ1) is 17.2. The summed E-state index contributed by atoms with van der Waals surface area (Å²) < 4.78 is 2.06. The minimum absolute atomic E-state index is 0.194. The van der Waals surface area contributed by atoms with E-state index < -0.39 is 0 Å². The highest BCUT2D eigenvalue weighted by molar-refractivity contribution is 5.80. The Kier molecular flexibility index (Phi) is 6.47. The fourth-order valence-corrected chi connectivity index (χ4v) is 4.44. The quantitative estimate of drug-likeness (QED) is 0.333. The van der Waals surface area contributed by atoms with Gasteiger partial charge in [0.1, 0.15) is 16.9 Å². The van der Waals surface area contributed by atoms with E-state index in [1.807, 2.05) is 18.2 Å². The van der Waals surface area contributed by atoms with E-state index in [4.69, 9.17) is 4.98 Å². The zero-order valence-corrected chi connectivity index (χ0v) is 20.0. The lowest BCUT2D eigenvalue weighted by molar-refractivity contribution is 0.688. The highest BCUT2D eigenvalue weighted by atomic mass is 16.1. The van der Waals surface area contributed by atoms with E-state index >= 15 is 0 Å². The number of unbranched alkanes of at least 4 members (excludes halogenated alkanes) is 1. The predicted molar refractivity (Wildman–Crippen MR) is 135 cm³/mol. The second-order valence-corrected chi connectivity index (χ2v) is 8.64. The molecular weight excluding hydrogens is 440 g/mol. The van der Waals surface area contributed by atoms with Crippen molar-refractivity contribution in [3.05, 3.63) is 76.0 Å². The third-order valence-electron chi connectivity index (χ3n) is 6.19. The van der Waals surface area contributed by atoms with Crippen LogP contribution >= 0.6 is 0 Å². The lowest BCUT2D eigenvalue weighted by atomic mass is 9.98. The number of aromatic nitrogens is 8. The second kappa shape index (κ2) is 10.0. The lowest BCUT2D eigenvalue weighted by Gasteiger charge is -2.11. The van der Waals surface area contributed by atoms with Gasteiger partial charge in [0, 0.05) is 18.5 Å². The molecule has 0 aliphatic carbocycles. The largest absolute Gasteiger partial charge is 0.319 e. The van der Waals surface area contributed by atoms with Crippen LogP contribution in [0.5, 0.6) is 0 Å². The molecule has 35 heavy (non-hydrogen) atoms. The van der Waals surface area contributed by atoms with Crippen LogP contribution in [0.4, 0.5) is 0 Å². The van der Waals surface area contributed by atoms with E-state index in [9.17, 15) is 4.79 Å². The van der Waals surface area contributed by atoms with E-state index in [0.717, 1.165) is 71.4 Å². The van der Waals surface area contributed by atoms with Gasteiger partial charge in [-0.05, 0) is 34.7 Å². The first-order valence-electron chi connectivity index (χ1n) is 12.1. The van der Waals surface area contributed by atoms with Crippen LogP contribution in [-0.2, 0) is 19.4 Å². The van der Waals surface area contributed by atoms with Crippen LogP contribution in [0, 0.1) is 0 Å². The summed E-state index contributed by atoms with van der Waals surface area (Å²) in [5, 5.41) is 21.5. The summed E-state index contributed by atoms with van der Waals surface area (Å²) >= 11 is 0. The van der Waals surface area contributed by atoms with Crippen molar-refractivity contribution in [3.8, 4) is 22.5 Å². The normalized spacial score (nSPS) is 11.4. The fraction of sp³-hybridized carbons (Fsp3) is 0.308. The molecular formula is C26H28N8O. The maximum Gasteiger partial charge on any atom is 0.290 e. The summed E-state index contributed by atoms with van der Waals surface area (Å²) in [7, 11) is 0. The summed E-state index contributed by atoms with van der Waals surface area (Å²) in [6.07, 6.45) is 4.63. The van der Waals surface area contributed by atoms with Crippen molar-refractivity contribution in [2.45, 2.75) is 52.5 Å². The number of aromatic amines is 2. The third-order valence-corrected chi connectivity index (χ3v) is 6.19. The van der Waals surface area contributed by atoms with Crippen LogP contribution in [0.15, 0.2) is 53.3 Å². The van der Waals surface area contributed by atoms with Gasteiger partial charge in [-0.1, -0.05) is 75.2 Å². The second-order valence-electron chi connectivity index (χ2n) is 8.64. The number of benzene rings is 2. The van der Waals surface area contributed by atoms with Gasteiger partial charge in [-0.2, -0.15) is 10.3 Å². The van der Waals surface area contributed by atoms with Crippen molar-refractivity contribution in [2.75, 3.05) is 0 Å². The molecule has 9 nitrogen and oxygen atoms in total. The Morgan fingerprint density at radius 1 is 0.914 bits per heavy atom. The van der Waals surface area contributed by atoms with Gasteiger partial charge in [0.2, 0.25) is 5.82 Å². The average Bonchev–Trinajstić information content (AvgIpc) is 3.54. The van der Waals surface area contributed by atoms with Gasteiger partial charge in [0.05, 0.1) is 5.69 Å². The Hall–Kier alpha value is -4.14. The molecule has 0 radical (unpaired) electrons. The number of rotatable bonds is 9. The first-order valence-corrected chi connectivity index (χ1v) is 12.1. The van der Waals surface area contributed by atoms with E-state index in [0.29, 0.717) is 17.9 Å². The summed E-state index contributed by atoms with van der Waals surface area (Å²) in [6, 6.07) is 16.4. The smallest absolute Gasteiger partial charge is 0.290 e. The van der Waals surface area contributed by atoms with Crippen molar-refractivity contribution in [2.24, 2.45) is 0 Å². The monoisotopic (exact) mass is 468 g/mol. The Morgan fingerprint density at radius 2 is 1.71 bits per heavy atom. The highest BCUT2D eigenvalue weighted by Gasteiger charge is 2.18. The standard InChI is InChI=1S/C26H28N8O/c1-3-5-11-22-27-23-21(8-4-2)28-31-26(35)24(23)34(22)16-17-12-14-18(15-13-17)19-9-6-7-10-20(19)25-29-32-33-30-25/h6-7,9-10,12-15H,3-5,8,11,16H2,1-2H3,(H,31,35)(H,29,30,32,33). The SMILES string of the molecule is CCCCc1nc2c(CCC)n[nH]c(=O)c2n1Cc1ccc(-c2ccccc2-c2nn[nH]n2)cc1. The van der Waals surface area contributed by atoms with Crippen molar-refractivity contribution >= 4 is 11.0 Å². The number of hydrogen-bond acceptors (Lipinski definition) is 6. The Labute approximate surface area is 202 Å². The Balaban J connectivity index is 1.52. The van der Waals surface area contributed by atoms with Crippen molar-refractivity contribution in [1.82, 2.24) is 40.4 Å². The first kappa shape index (κ1) is 22.6. The molecule has 2 N–H and O–H groups in total. The van der Waals surface area contributed by atoms with Gasteiger partial charge >= 0.3 is 0 Å². The Morgan fingerprint density at radius 3 is 2.43 bits per heavy atom. The zero-order valence-electron chi connectivity index (χ0n) is 20.0. The summed E-state index contributed by atoms with van der Waals surface area (Å²) in [4.78, 5) is 17.7. The van der Waals surface area contributed by atoms with Gasteiger partial charge in [-0.3, -0.25) is 4.79 Å². The molecule has 9 heteroatoms. The summed E-state index contributed by atoms with van der Waals surface area (Å²) in [5.74, 6) is 1.50. The molecule has 5 aromatic rings. The number of tetrazole rings is 1. The molecule has 0 fully saturated rings. The molecule has 2 aromatic carbocycles. The predicted octanol–water partition coefficient (Wildman–Crippen LogP) is 4.31. The van der Waals surface area contributed by atoms with Crippen LogP contribution in [0.1, 0.15) is 50.2 Å². The van der Waals surface area contributed by atoms with Crippen LogP contribution in [0.3, 0.4) is 0 Å². The molecule has 0 saturated heterocycles. The topological polar surface area (TPSA) is 118 Å². The van der Waals surface area contributed by atoms with Gasteiger partial charge in [0.25, 0.3) is 5.56 Å². The zero-order chi connectivity index (χ0) is 24.2. The number of hydrogen-bond donors (Lipinski definition) is 2. The van der Waals surface area contributed by atoms with Crippen molar-refractivity contribution < 1.29 is 0 Å². The maximum atomic E-state index is 12.8. The molecule has 0 amide bonds. The maximum absolute atomic E-state index is 12.8. The Bertz CT molecular complexity index is 1480. The number of H-pyrrole nitrogens is 2. The number of nitrogens with zero attached hydrogens (tertiary/aromatic N) is 6. The number of imidazole rings is 1. The lowest BCUT2D eigenvalue weighted by Crippen LogP contribution is -2.16. The van der Waals surface area contributed by atoms with Crippen LogP contribution in [-0.4, -0.2) is 40.4 Å². The molecule has 0 aliphatic heterocycles. The molecule has 0 spiro atoms. The number of aryl methyl sites for hydroxylation is 2. The molecule has 0 unspecified atom stereocenters. The summed E-state index contributed by atoms with van der Waals surface area (Å²) in [5.41, 5.74) is 6.10. The minimum atomic E-state index is -0.194. The molecule has 178 valence electrons. The summed E-state index contributed by atoms with van der Waals surface area (Å²) in [6.45, 7) is 4.84. The van der Waals surface area contributed by atoms with E-state index in [-0.39, 0.29) is 5.56 Å². The molecule has 0 bridgehead atoms. The number of nitrogens with one attached hydrogen (secondary N) is 2. The molecule has 3 aromatic heterocycles. The fourth-order valence-electron chi connectivity index (χ4n) is 4.44. The van der Waals surface area contributed by atoms with Crippen LogP contribution in [0.2, 0.25) is 0 Å². The third kappa shape index (κ3) is 4.49. The van der Waals surface area contributed by atoms with Crippen LogP contribution < -0.4 is 5.56 Å². The van der Waals surface area contributed by atoms with Gasteiger partial charge in [-0.25, -0.2) is 10.1 Å². The van der Waals surface area contributed by atoms with Crippen LogP contribution in [0.25, 0.3) is 33.5 Å². The van der Waals surface area contributed by atoms with Gasteiger partial charge in [0.15, 0.2) is 0 Å². The van der Waals surface area contributed by atoms with Crippen molar-refractivity contribution in [3.63, 3.8) is 0 Å². The molecule has 5 rings (SSSR count). The van der Waals surface area contributed by atoms with Crippen molar-refractivity contribution in [1.29, 1.82) is 0 Å². The molecule has 0 atom stereocenters. The number of fused-ring (bicyclic) bond motifs is 1. The van der Waals surface area contributed by atoms with E-state index in [1.165, 1.54) is 0 Å². The van der Waals surface area contributed by atoms with Gasteiger partial charge in [-0.15, -0.1) is 10.2 Å². The molecule has 3 heterocycles.